The third-order valence-electron chi connectivity index (χ3n) is 2.97. The molecule has 102 valence electrons. The van der Waals surface area contributed by atoms with Gasteiger partial charge in [-0.2, -0.15) is 0 Å². The molecule has 0 saturated carbocycles. The highest BCUT2D eigenvalue weighted by Gasteiger charge is 2.15. The van der Waals surface area contributed by atoms with Gasteiger partial charge < -0.3 is 10.7 Å². The quantitative estimate of drug-likeness (QED) is 0.513. The highest BCUT2D eigenvalue weighted by Crippen LogP contribution is 2.28. The maximum atomic E-state index is 5.50. The van der Waals surface area contributed by atoms with Crippen molar-refractivity contribution in [3.8, 4) is 0 Å². The van der Waals surface area contributed by atoms with Gasteiger partial charge in [-0.15, -0.1) is 0 Å². The zero-order chi connectivity index (χ0) is 13.5. The van der Waals surface area contributed by atoms with E-state index in [1.54, 1.807) is 0 Å². The van der Waals surface area contributed by atoms with Crippen molar-refractivity contribution >= 4 is 11.6 Å². The molecule has 0 spiro atoms. The van der Waals surface area contributed by atoms with Crippen LogP contribution in [0.25, 0.3) is 0 Å². The molecule has 1 aromatic rings. The van der Waals surface area contributed by atoms with Gasteiger partial charge in [0.1, 0.15) is 18.0 Å². The second-order valence-corrected chi connectivity index (χ2v) is 4.97. The number of unbranched alkanes of at least 4 members (excludes halogenated alkanes) is 1. The predicted molar refractivity (Wildman–Crippen MR) is 76.5 cm³/mol. The Kier molecular flexibility index (Phi) is 5.85. The van der Waals surface area contributed by atoms with Crippen molar-refractivity contribution in [2.75, 3.05) is 10.7 Å². The molecule has 0 radical (unpaired) electrons. The van der Waals surface area contributed by atoms with Crippen molar-refractivity contribution in [2.24, 2.45) is 5.84 Å². The van der Waals surface area contributed by atoms with Gasteiger partial charge in [0.15, 0.2) is 0 Å². The molecule has 1 rings (SSSR count). The predicted octanol–water partition coefficient (Wildman–Crippen LogP) is 2.88. The number of anilines is 2. The number of nitrogens with zero attached hydrogens (tertiary/aromatic N) is 2. The third-order valence-corrected chi connectivity index (χ3v) is 2.97. The van der Waals surface area contributed by atoms with E-state index in [9.17, 15) is 0 Å². The molecule has 0 fully saturated rings. The normalized spacial score (nSPS) is 12.6. The lowest BCUT2D eigenvalue weighted by molar-refractivity contribution is 0.641. The second kappa shape index (κ2) is 7.16. The second-order valence-electron chi connectivity index (χ2n) is 4.97. The molecule has 0 aliphatic heterocycles. The monoisotopic (exact) mass is 251 g/mol. The summed E-state index contributed by atoms with van der Waals surface area (Å²) in [5, 5.41) is 3.45. The van der Waals surface area contributed by atoms with E-state index < -0.39 is 0 Å². The van der Waals surface area contributed by atoms with Gasteiger partial charge in [0.05, 0.1) is 0 Å². The SMILES string of the molecule is CCCCC(C)Nc1ncnc(NN)c1C(C)C. The number of rotatable bonds is 7. The molecule has 0 aliphatic carbocycles. The Labute approximate surface area is 110 Å². The maximum Gasteiger partial charge on any atom is 0.148 e. The van der Waals surface area contributed by atoms with Crippen LogP contribution in [-0.2, 0) is 0 Å². The van der Waals surface area contributed by atoms with E-state index in [2.05, 4.69) is 48.4 Å². The van der Waals surface area contributed by atoms with Crippen LogP contribution in [-0.4, -0.2) is 16.0 Å². The molecule has 18 heavy (non-hydrogen) atoms. The van der Waals surface area contributed by atoms with E-state index in [-0.39, 0.29) is 0 Å². The Balaban J connectivity index is 2.87. The van der Waals surface area contributed by atoms with E-state index in [0.717, 1.165) is 17.8 Å². The molecule has 4 N–H and O–H groups in total. The summed E-state index contributed by atoms with van der Waals surface area (Å²) < 4.78 is 0. The smallest absolute Gasteiger partial charge is 0.148 e. The Morgan fingerprint density at radius 3 is 2.44 bits per heavy atom. The summed E-state index contributed by atoms with van der Waals surface area (Å²) in [7, 11) is 0. The number of aromatic nitrogens is 2. The van der Waals surface area contributed by atoms with Gasteiger partial charge in [-0.05, 0) is 19.3 Å². The van der Waals surface area contributed by atoms with Crippen molar-refractivity contribution in [3.05, 3.63) is 11.9 Å². The number of hydrogen-bond acceptors (Lipinski definition) is 5. The first-order valence-electron chi connectivity index (χ1n) is 6.68. The van der Waals surface area contributed by atoms with Crippen LogP contribution in [0, 0.1) is 0 Å². The molecule has 0 aliphatic rings. The van der Waals surface area contributed by atoms with E-state index in [1.807, 2.05) is 0 Å². The van der Waals surface area contributed by atoms with Gasteiger partial charge in [-0.25, -0.2) is 15.8 Å². The summed E-state index contributed by atoms with van der Waals surface area (Å²) in [4.78, 5) is 8.50. The lowest BCUT2D eigenvalue weighted by Crippen LogP contribution is -2.20. The summed E-state index contributed by atoms with van der Waals surface area (Å²) in [5.74, 6) is 7.40. The van der Waals surface area contributed by atoms with Gasteiger partial charge in [-0.3, -0.25) is 0 Å². The van der Waals surface area contributed by atoms with Crippen LogP contribution in [0.5, 0.6) is 0 Å². The zero-order valence-corrected chi connectivity index (χ0v) is 11.8. The number of hydrazine groups is 1. The van der Waals surface area contributed by atoms with Crippen LogP contribution in [0.3, 0.4) is 0 Å². The molecule has 1 unspecified atom stereocenters. The topological polar surface area (TPSA) is 75.9 Å². The fraction of sp³-hybridized carbons (Fsp3) is 0.692. The highest BCUT2D eigenvalue weighted by atomic mass is 15.3. The Hall–Kier alpha value is -1.36. The number of hydrogen-bond donors (Lipinski definition) is 3. The lowest BCUT2D eigenvalue weighted by Gasteiger charge is -2.20. The highest BCUT2D eigenvalue weighted by molar-refractivity contribution is 5.58. The molecule has 1 heterocycles. The number of nitrogens with one attached hydrogen (secondary N) is 2. The minimum Gasteiger partial charge on any atom is -0.367 e. The van der Waals surface area contributed by atoms with Crippen molar-refractivity contribution < 1.29 is 0 Å². The first-order chi connectivity index (χ1) is 8.60. The van der Waals surface area contributed by atoms with Gasteiger partial charge in [0, 0.05) is 11.6 Å². The van der Waals surface area contributed by atoms with Crippen LogP contribution in [0.4, 0.5) is 11.6 Å². The standard InChI is InChI=1S/C13H25N5/c1-5-6-7-10(4)17-12-11(9(2)3)13(18-14)16-8-15-12/h8-10H,5-7,14H2,1-4H3,(H2,15,16,17,18). The van der Waals surface area contributed by atoms with Crippen LogP contribution < -0.4 is 16.6 Å². The van der Waals surface area contributed by atoms with Gasteiger partial charge in [0.25, 0.3) is 0 Å². The van der Waals surface area contributed by atoms with E-state index in [1.165, 1.54) is 19.2 Å². The Morgan fingerprint density at radius 2 is 1.89 bits per heavy atom. The van der Waals surface area contributed by atoms with Gasteiger partial charge in [-0.1, -0.05) is 33.6 Å². The lowest BCUT2D eigenvalue weighted by atomic mass is 10.0. The first-order valence-corrected chi connectivity index (χ1v) is 6.68. The average Bonchev–Trinajstić information content (AvgIpc) is 2.35. The minimum atomic E-state index is 0.318. The largest absolute Gasteiger partial charge is 0.367 e. The molecule has 5 heteroatoms. The number of nitrogen functional groups attached to an aromatic ring is 1. The molecule has 5 nitrogen and oxygen atoms in total. The first kappa shape index (κ1) is 14.7. The van der Waals surface area contributed by atoms with Crippen LogP contribution in [0.15, 0.2) is 6.33 Å². The average molecular weight is 251 g/mol. The molecular weight excluding hydrogens is 226 g/mol. The molecule has 0 bridgehead atoms. The summed E-state index contributed by atoms with van der Waals surface area (Å²) in [6, 6.07) is 0.406. The van der Waals surface area contributed by atoms with Crippen molar-refractivity contribution in [2.45, 2.75) is 58.9 Å². The summed E-state index contributed by atoms with van der Waals surface area (Å²) in [6.07, 6.45) is 5.11. The fourth-order valence-electron chi connectivity index (χ4n) is 1.99. The van der Waals surface area contributed by atoms with E-state index in [0.29, 0.717) is 17.8 Å². The molecule has 0 aromatic carbocycles. The number of nitrogens with two attached hydrogens (primary N) is 1. The maximum absolute atomic E-state index is 5.50. The summed E-state index contributed by atoms with van der Waals surface area (Å²) in [5.41, 5.74) is 3.69. The Bertz CT molecular complexity index is 364. The summed E-state index contributed by atoms with van der Waals surface area (Å²) in [6.45, 7) is 8.60. The molecular formula is C13H25N5. The van der Waals surface area contributed by atoms with Crippen LogP contribution in [0.1, 0.15) is 58.4 Å². The van der Waals surface area contributed by atoms with Crippen LogP contribution in [0.2, 0.25) is 0 Å². The zero-order valence-electron chi connectivity index (χ0n) is 11.8. The fourth-order valence-corrected chi connectivity index (χ4v) is 1.99. The molecule has 1 aromatic heterocycles. The van der Waals surface area contributed by atoms with Crippen molar-refractivity contribution in [1.82, 2.24) is 9.97 Å². The third kappa shape index (κ3) is 3.84. The van der Waals surface area contributed by atoms with Crippen molar-refractivity contribution in [1.29, 1.82) is 0 Å². The molecule has 0 amide bonds. The molecule has 1 atom stereocenters. The minimum absolute atomic E-state index is 0.318. The van der Waals surface area contributed by atoms with E-state index >= 15 is 0 Å². The van der Waals surface area contributed by atoms with E-state index in [4.69, 9.17) is 5.84 Å². The van der Waals surface area contributed by atoms with Gasteiger partial charge in [0.2, 0.25) is 0 Å². The van der Waals surface area contributed by atoms with Crippen LogP contribution >= 0.6 is 0 Å². The Morgan fingerprint density at radius 1 is 1.22 bits per heavy atom. The molecule has 0 saturated heterocycles. The summed E-state index contributed by atoms with van der Waals surface area (Å²) >= 11 is 0. The van der Waals surface area contributed by atoms with Gasteiger partial charge >= 0.3 is 0 Å². The van der Waals surface area contributed by atoms with Crippen molar-refractivity contribution in [3.63, 3.8) is 0 Å².